The van der Waals surface area contributed by atoms with E-state index in [1.807, 2.05) is 23.1 Å². The summed E-state index contributed by atoms with van der Waals surface area (Å²) in [6.07, 6.45) is 0. The number of hydrogen-bond donors (Lipinski definition) is 0. The van der Waals surface area contributed by atoms with E-state index < -0.39 is 0 Å². The van der Waals surface area contributed by atoms with Crippen LogP contribution in [0.1, 0.15) is 21.7 Å². The minimum absolute atomic E-state index is 0.251. The van der Waals surface area contributed by atoms with Gasteiger partial charge in [0.25, 0.3) is 0 Å². The van der Waals surface area contributed by atoms with E-state index in [4.69, 9.17) is 0 Å². The molecular formula is C46H32N2S2. The van der Waals surface area contributed by atoms with Gasteiger partial charge in [0.15, 0.2) is 0 Å². The zero-order valence-corrected chi connectivity index (χ0v) is 28.8. The molecule has 0 amide bonds. The molecule has 0 radical (unpaired) electrons. The maximum atomic E-state index is 2.64. The van der Waals surface area contributed by atoms with Crippen LogP contribution >= 0.6 is 23.1 Å². The molecule has 10 rings (SSSR count). The monoisotopic (exact) mass is 676 g/mol. The Kier molecular flexibility index (Phi) is 7.11. The van der Waals surface area contributed by atoms with Crippen molar-refractivity contribution in [1.82, 2.24) is 0 Å². The molecular weight excluding hydrogens is 645 g/mol. The van der Waals surface area contributed by atoms with Gasteiger partial charge >= 0.3 is 0 Å². The van der Waals surface area contributed by atoms with Crippen molar-refractivity contribution in [2.75, 3.05) is 9.80 Å². The second-order valence-electron chi connectivity index (χ2n) is 12.9. The normalized spacial score (nSPS) is 15.9. The third kappa shape index (κ3) is 4.86. The van der Waals surface area contributed by atoms with Crippen LogP contribution in [0.3, 0.4) is 0 Å². The van der Waals surface area contributed by atoms with Crippen LogP contribution in [-0.2, 0) is 0 Å². The summed E-state index contributed by atoms with van der Waals surface area (Å²) in [6.45, 7) is 0. The Morgan fingerprint density at radius 3 is 1.74 bits per heavy atom. The summed E-state index contributed by atoms with van der Waals surface area (Å²) in [7, 11) is 0. The molecule has 0 saturated carbocycles. The average molecular weight is 677 g/mol. The second kappa shape index (κ2) is 12.1. The van der Waals surface area contributed by atoms with Crippen molar-refractivity contribution in [3.05, 3.63) is 192 Å². The fourth-order valence-corrected chi connectivity index (χ4v) is 10.6. The van der Waals surface area contributed by atoms with Crippen LogP contribution in [0.25, 0.3) is 32.3 Å². The van der Waals surface area contributed by atoms with E-state index in [2.05, 4.69) is 192 Å². The van der Waals surface area contributed by atoms with Gasteiger partial charge in [-0.2, -0.15) is 0 Å². The summed E-state index contributed by atoms with van der Waals surface area (Å²) in [4.78, 5) is 7.90. The van der Waals surface area contributed by atoms with Crippen molar-refractivity contribution in [2.24, 2.45) is 0 Å². The molecule has 0 spiro atoms. The van der Waals surface area contributed by atoms with Crippen LogP contribution in [0.2, 0.25) is 0 Å². The number of fused-ring (bicyclic) bond motifs is 7. The highest BCUT2D eigenvalue weighted by Crippen LogP contribution is 2.67. The fourth-order valence-electron chi connectivity index (χ4n) is 7.69. The van der Waals surface area contributed by atoms with Crippen molar-refractivity contribution < 1.29 is 0 Å². The van der Waals surface area contributed by atoms with Crippen LogP contribution in [0.15, 0.2) is 187 Å². The molecule has 0 fully saturated rings. The Morgan fingerprint density at radius 2 is 1.06 bits per heavy atom. The molecule has 7 aromatic carbocycles. The van der Waals surface area contributed by atoms with E-state index in [0.717, 1.165) is 17.1 Å². The molecule has 238 valence electrons. The highest BCUT2D eigenvalue weighted by atomic mass is 32.2. The molecule has 2 unspecified atom stereocenters. The lowest BCUT2D eigenvalue weighted by Gasteiger charge is -2.31. The molecule has 50 heavy (non-hydrogen) atoms. The number of nitrogens with zero attached hydrogens (tertiary/aromatic N) is 2. The maximum absolute atomic E-state index is 2.64. The van der Waals surface area contributed by atoms with Gasteiger partial charge in [-0.15, -0.1) is 23.1 Å². The summed E-state index contributed by atoms with van der Waals surface area (Å²) < 4.78 is 1.35. The average Bonchev–Trinajstić information content (AvgIpc) is 3.85. The lowest BCUT2D eigenvalue weighted by atomic mass is 10.0. The van der Waals surface area contributed by atoms with Crippen molar-refractivity contribution in [1.29, 1.82) is 0 Å². The first kappa shape index (κ1) is 29.4. The number of benzene rings is 7. The van der Waals surface area contributed by atoms with Gasteiger partial charge in [0.05, 0.1) is 17.0 Å². The summed E-state index contributed by atoms with van der Waals surface area (Å²) >= 11 is 3.99. The van der Waals surface area contributed by atoms with Gasteiger partial charge in [-0.25, -0.2) is 0 Å². The maximum Gasteiger partial charge on any atom is 0.0774 e. The highest BCUT2D eigenvalue weighted by Gasteiger charge is 2.48. The Bertz CT molecular complexity index is 2390. The number of rotatable bonds is 6. The number of thioether (sulfide) groups is 1. The zero-order chi connectivity index (χ0) is 33.0. The fraction of sp³-hybridized carbons (Fsp3) is 0.0435. The Morgan fingerprint density at radius 1 is 0.480 bits per heavy atom. The summed E-state index contributed by atoms with van der Waals surface area (Å²) in [5.74, 6) is 0. The topological polar surface area (TPSA) is 6.48 Å². The van der Waals surface area contributed by atoms with Crippen molar-refractivity contribution >= 4 is 61.6 Å². The first-order valence-electron chi connectivity index (χ1n) is 17.1. The summed E-state index contributed by atoms with van der Waals surface area (Å²) in [6, 6.07) is 66.5. The van der Waals surface area contributed by atoms with E-state index in [9.17, 15) is 0 Å². The lowest BCUT2D eigenvalue weighted by molar-refractivity contribution is 0.741. The lowest BCUT2D eigenvalue weighted by Crippen LogP contribution is -2.20. The predicted molar refractivity (Wildman–Crippen MR) is 214 cm³/mol. The number of thiophene rings is 1. The first-order valence-corrected chi connectivity index (χ1v) is 18.8. The highest BCUT2D eigenvalue weighted by molar-refractivity contribution is 8.00. The Labute approximate surface area is 300 Å². The van der Waals surface area contributed by atoms with Gasteiger partial charge in [-0.05, 0) is 82.4 Å². The third-order valence-corrected chi connectivity index (χ3v) is 12.7. The second-order valence-corrected chi connectivity index (χ2v) is 15.2. The van der Waals surface area contributed by atoms with Crippen LogP contribution in [0.5, 0.6) is 0 Å². The first-order chi connectivity index (χ1) is 24.8. The van der Waals surface area contributed by atoms with Gasteiger partial charge in [0.2, 0.25) is 0 Å². The summed E-state index contributed by atoms with van der Waals surface area (Å²) in [5, 5.41) is 1.71. The standard InChI is InChI=1S/C46H32N2S2/c1-3-12-31(13-4-1)33-22-26-35(27-23-33)47(36-28-24-34(25-29-36)32-14-5-2-6-15-32)37-16-11-17-38(30-37)48-43-39-18-7-9-20-41(39)49-45(43)46-44(48)40-19-8-10-21-42(40)50-46/h1-30,43,45H. The van der Waals surface area contributed by atoms with Crippen molar-refractivity contribution in [3.63, 3.8) is 0 Å². The van der Waals surface area contributed by atoms with Gasteiger partial charge < -0.3 is 9.80 Å². The molecule has 3 heterocycles. The van der Waals surface area contributed by atoms with Gasteiger partial charge in [0, 0.05) is 42.6 Å². The molecule has 2 atom stereocenters. The minimum Gasteiger partial charge on any atom is -0.331 e. The molecule has 0 bridgehead atoms. The molecule has 4 heteroatoms. The van der Waals surface area contributed by atoms with Crippen molar-refractivity contribution in [3.8, 4) is 22.3 Å². The smallest absolute Gasteiger partial charge is 0.0774 e. The van der Waals surface area contributed by atoms with Gasteiger partial charge in [0.1, 0.15) is 0 Å². The summed E-state index contributed by atoms with van der Waals surface area (Å²) in [5.41, 5.74) is 12.2. The van der Waals surface area contributed by atoms with Crippen LogP contribution < -0.4 is 9.80 Å². The number of hydrogen-bond acceptors (Lipinski definition) is 4. The van der Waals surface area contributed by atoms with E-state index in [1.165, 1.54) is 59.1 Å². The zero-order valence-electron chi connectivity index (χ0n) is 27.2. The molecule has 0 aliphatic carbocycles. The van der Waals surface area contributed by atoms with E-state index in [0.29, 0.717) is 5.25 Å². The molecule has 8 aromatic rings. The predicted octanol–water partition coefficient (Wildman–Crippen LogP) is 13.7. The van der Waals surface area contributed by atoms with Crippen LogP contribution in [0, 0.1) is 0 Å². The van der Waals surface area contributed by atoms with E-state index >= 15 is 0 Å². The quantitative estimate of drug-likeness (QED) is 0.173. The van der Waals surface area contributed by atoms with Gasteiger partial charge in [-0.1, -0.05) is 127 Å². The molecule has 2 nitrogen and oxygen atoms in total. The van der Waals surface area contributed by atoms with Crippen LogP contribution in [0.4, 0.5) is 28.4 Å². The number of anilines is 5. The molecule has 2 aliphatic heterocycles. The van der Waals surface area contributed by atoms with E-state index in [-0.39, 0.29) is 6.04 Å². The molecule has 2 aliphatic rings. The molecule has 0 N–H and O–H groups in total. The largest absolute Gasteiger partial charge is 0.331 e. The van der Waals surface area contributed by atoms with Crippen LogP contribution in [-0.4, -0.2) is 0 Å². The van der Waals surface area contributed by atoms with Crippen molar-refractivity contribution in [2.45, 2.75) is 16.2 Å². The SMILES string of the molecule is c1ccc(-c2ccc(N(c3ccc(-c4ccccc4)cc3)c3cccc(N4c5c(sc6ccccc56)C5Sc6ccccc6C54)c3)cc2)cc1. The minimum atomic E-state index is 0.251. The Balaban J connectivity index is 1.11. The van der Waals surface area contributed by atoms with Gasteiger partial charge in [-0.3, -0.25) is 0 Å². The third-order valence-electron chi connectivity index (χ3n) is 9.98. The molecule has 1 aromatic heterocycles. The molecule has 0 saturated heterocycles. The Hall–Kier alpha value is -5.55. The van der Waals surface area contributed by atoms with E-state index in [1.54, 1.807) is 0 Å².